The minimum absolute atomic E-state index is 0.0995. The van der Waals surface area contributed by atoms with Crippen LogP contribution in [-0.2, 0) is 6.54 Å². The van der Waals surface area contributed by atoms with Gasteiger partial charge in [0.05, 0.1) is 18.7 Å². The van der Waals surface area contributed by atoms with Gasteiger partial charge in [-0.3, -0.25) is 4.79 Å². The molecule has 6 heteroatoms. The average molecular weight is 321 g/mol. The number of aromatic hydroxyl groups is 1. The predicted molar refractivity (Wildman–Crippen MR) is 84.5 cm³/mol. The summed E-state index contributed by atoms with van der Waals surface area (Å²) in [6.45, 7) is 0.676. The van der Waals surface area contributed by atoms with E-state index in [1.807, 2.05) is 11.4 Å². The first-order valence-corrected chi connectivity index (χ1v) is 7.39. The molecular formula is C15H13ClN2O2S. The van der Waals surface area contributed by atoms with E-state index in [-0.39, 0.29) is 17.2 Å². The fourth-order valence-corrected chi connectivity index (χ4v) is 2.57. The van der Waals surface area contributed by atoms with Gasteiger partial charge in [0.2, 0.25) is 0 Å². The standard InChI is InChI=1S/C15H13ClN2O2S/c16-11-3-4-14(19)13(7-11)15(20)18-8-12-6-10(9-21-12)2-1-5-17/h3-4,6-7,9,19H,5,8,17H2,(H,18,20). The Morgan fingerprint density at radius 2 is 2.24 bits per heavy atom. The first-order chi connectivity index (χ1) is 10.1. The van der Waals surface area contributed by atoms with Crippen molar-refractivity contribution in [2.45, 2.75) is 6.54 Å². The molecule has 1 amide bonds. The molecule has 108 valence electrons. The lowest BCUT2D eigenvalue weighted by Crippen LogP contribution is -2.22. The Morgan fingerprint density at radius 3 is 3.00 bits per heavy atom. The molecule has 4 N–H and O–H groups in total. The molecule has 0 unspecified atom stereocenters. The molecule has 2 aromatic rings. The second kappa shape index (κ2) is 7.14. The number of rotatable bonds is 3. The average Bonchev–Trinajstić information content (AvgIpc) is 2.93. The zero-order valence-corrected chi connectivity index (χ0v) is 12.6. The van der Waals surface area contributed by atoms with Crippen LogP contribution in [0, 0.1) is 11.8 Å². The first kappa shape index (κ1) is 15.4. The SMILES string of the molecule is NCC#Cc1csc(CNC(=O)c2cc(Cl)ccc2O)c1. The molecule has 0 bridgehead atoms. The predicted octanol–water partition coefficient (Wildman–Crippen LogP) is 2.35. The monoisotopic (exact) mass is 320 g/mol. The molecule has 0 saturated carbocycles. The van der Waals surface area contributed by atoms with Gasteiger partial charge in [0, 0.05) is 20.8 Å². The Hall–Kier alpha value is -2.00. The third kappa shape index (κ3) is 4.23. The Balaban J connectivity index is 2.01. The number of phenols is 1. The van der Waals surface area contributed by atoms with Crippen LogP contribution < -0.4 is 11.1 Å². The second-order valence-electron chi connectivity index (χ2n) is 4.15. The van der Waals surface area contributed by atoms with Crippen molar-refractivity contribution in [1.82, 2.24) is 5.32 Å². The minimum Gasteiger partial charge on any atom is -0.507 e. The Bertz CT molecular complexity index is 716. The molecule has 1 aromatic carbocycles. The second-order valence-corrected chi connectivity index (χ2v) is 5.58. The van der Waals surface area contributed by atoms with Gasteiger partial charge in [0.15, 0.2) is 0 Å². The van der Waals surface area contributed by atoms with Crippen LogP contribution in [0.4, 0.5) is 0 Å². The van der Waals surface area contributed by atoms with E-state index in [2.05, 4.69) is 17.2 Å². The largest absolute Gasteiger partial charge is 0.507 e. The zero-order chi connectivity index (χ0) is 15.2. The molecule has 0 fully saturated rings. The van der Waals surface area contributed by atoms with E-state index in [9.17, 15) is 9.90 Å². The fourth-order valence-electron chi connectivity index (χ4n) is 1.64. The highest BCUT2D eigenvalue weighted by atomic mass is 35.5. The van der Waals surface area contributed by atoms with Gasteiger partial charge in [-0.15, -0.1) is 11.3 Å². The van der Waals surface area contributed by atoms with E-state index in [0.29, 0.717) is 18.1 Å². The van der Waals surface area contributed by atoms with Gasteiger partial charge in [0.25, 0.3) is 5.91 Å². The summed E-state index contributed by atoms with van der Waals surface area (Å²) in [7, 11) is 0. The van der Waals surface area contributed by atoms with E-state index in [0.717, 1.165) is 10.4 Å². The van der Waals surface area contributed by atoms with Crippen molar-refractivity contribution in [1.29, 1.82) is 0 Å². The Labute approximate surface area is 131 Å². The smallest absolute Gasteiger partial charge is 0.255 e. The van der Waals surface area contributed by atoms with E-state index in [1.165, 1.54) is 29.5 Å². The molecule has 1 heterocycles. The summed E-state index contributed by atoms with van der Waals surface area (Å²) in [4.78, 5) is 13.0. The van der Waals surface area contributed by atoms with Gasteiger partial charge in [-0.2, -0.15) is 0 Å². The quantitative estimate of drug-likeness (QED) is 0.760. The lowest BCUT2D eigenvalue weighted by molar-refractivity contribution is 0.0948. The third-order valence-corrected chi connectivity index (χ3v) is 3.79. The van der Waals surface area contributed by atoms with Crippen LogP contribution in [0.25, 0.3) is 0 Å². The van der Waals surface area contributed by atoms with Crippen molar-refractivity contribution in [3.05, 3.63) is 50.7 Å². The van der Waals surface area contributed by atoms with Crippen LogP contribution >= 0.6 is 22.9 Å². The third-order valence-electron chi connectivity index (χ3n) is 2.61. The summed E-state index contributed by atoms with van der Waals surface area (Å²) < 4.78 is 0. The number of amides is 1. The number of benzene rings is 1. The van der Waals surface area contributed by atoms with Crippen LogP contribution in [-0.4, -0.2) is 17.6 Å². The normalized spacial score (nSPS) is 9.81. The van der Waals surface area contributed by atoms with Gasteiger partial charge >= 0.3 is 0 Å². The van der Waals surface area contributed by atoms with Crippen molar-refractivity contribution in [3.63, 3.8) is 0 Å². The van der Waals surface area contributed by atoms with Crippen LogP contribution in [0.15, 0.2) is 29.6 Å². The number of nitrogens with one attached hydrogen (secondary N) is 1. The molecule has 0 aliphatic rings. The maximum atomic E-state index is 12.0. The maximum Gasteiger partial charge on any atom is 0.255 e. The molecule has 0 radical (unpaired) electrons. The number of hydrogen-bond acceptors (Lipinski definition) is 4. The van der Waals surface area contributed by atoms with E-state index in [1.54, 1.807) is 0 Å². The number of thiophene rings is 1. The van der Waals surface area contributed by atoms with Crippen molar-refractivity contribution in [2.24, 2.45) is 5.73 Å². The van der Waals surface area contributed by atoms with Crippen molar-refractivity contribution in [3.8, 4) is 17.6 Å². The topological polar surface area (TPSA) is 75.3 Å². The summed E-state index contributed by atoms with van der Waals surface area (Å²) in [6.07, 6.45) is 0. The van der Waals surface area contributed by atoms with Crippen LogP contribution in [0.2, 0.25) is 5.02 Å². The van der Waals surface area contributed by atoms with Gasteiger partial charge in [-0.25, -0.2) is 0 Å². The minimum atomic E-state index is -0.377. The zero-order valence-electron chi connectivity index (χ0n) is 11.0. The molecule has 0 saturated heterocycles. The van der Waals surface area contributed by atoms with Gasteiger partial charge in [-0.1, -0.05) is 23.4 Å². The molecule has 0 aliphatic carbocycles. The fraction of sp³-hybridized carbons (Fsp3) is 0.133. The van der Waals surface area contributed by atoms with Crippen molar-refractivity contribution in [2.75, 3.05) is 6.54 Å². The van der Waals surface area contributed by atoms with E-state index >= 15 is 0 Å². The molecular weight excluding hydrogens is 308 g/mol. The van der Waals surface area contributed by atoms with Crippen LogP contribution in [0.3, 0.4) is 0 Å². The summed E-state index contributed by atoms with van der Waals surface area (Å²) in [5.41, 5.74) is 6.34. The lowest BCUT2D eigenvalue weighted by atomic mass is 10.2. The highest BCUT2D eigenvalue weighted by Crippen LogP contribution is 2.21. The molecule has 1 aromatic heterocycles. The number of nitrogens with two attached hydrogens (primary N) is 1. The molecule has 0 atom stereocenters. The number of phenolic OH excluding ortho intramolecular Hbond substituents is 1. The molecule has 0 spiro atoms. The van der Waals surface area contributed by atoms with Gasteiger partial charge in [-0.05, 0) is 24.3 Å². The van der Waals surface area contributed by atoms with Gasteiger partial charge in [0.1, 0.15) is 5.75 Å². The number of carbonyl (C=O) groups is 1. The summed E-state index contributed by atoms with van der Waals surface area (Å²) >= 11 is 7.31. The number of hydrogen-bond donors (Lipinski definition) is 3. The summed E-state index contributed by atoms with van der Waals surface area (Å²) in [5, 5.41) is 14.7. The van der Waals surface area contributed by atoms with E-state index < -0.39 is 0 Å². The number of carbonyl (C=O) groups excluding carboxylic acids is 1. The molecule has 4 nitrogen and oxygen atoms in total. The molecule has 21 heavy (non-hydrogen) atoms. The van der Waals surface area contributed by atoms with Crippen molar-refractivity contribution >= 4 is 28.8 Å². The van der Waals surface area contributed by atoms with E-state index in [4.69, 9.17) is 17.3 Å². The Morgan fingerprint density at radius 1 is 1.43 bits per heavy atom. The molecule has 2 rings (SSSR count). The maximum absolute atomic E-state index is 12.0. The Kier molecular flexibility index (Phi) is 5.23. The van der Waals surface area contributed by atoms with Crippen LogP contribution in [0.1, 0.15) is 20.8 Å². The number of halogens is 1. The van der Waals surface area contributed by atoms with Gasteiger partial charge < -0.3 is 16.2 Å². The van der Waals surface area contributed by atoms with Crippen molar-refractivity contribution < 1.29 is 9.90 Å². The highest BCUT2D eigenvalue weighted by molar-refractivity contribution is 7.10. The first-order valence-electron chi connectivity index (χ1n) is 6.13. The lowest BCUT2D eigenvalue weighted by Gasteiger charge is -2.06. The molecule has 0 aliphatic heterocycles. The van der Waals surface area contributed by atoms with Crippen LogP contribution in [0.5, 0.6) is 5.75 Å². The highest BCUT2D eigenvalue weighted by Gasteiger charge is 2.11. The summed E-state index contributed by atoms with van der Waals surface area (Å²) in [6, 6.07) is 6.24. The summed E-state index contributed by atoms with van der Waals surface area (Å²) in [5.74, 6) is 5.22.